The van der Waals surface area contributed by atoms with E-state index >= 15 is 0 Å². The third-order valence-electron chi connectivity index (χ3n) is 6.93. The minimum Gasteiger partial charge on any atom is -0.408 e. The van der Waals surface area contributed by atoms with Crippen molar-refractivity contribution in [1.82, 2.24) is 14.2 Å². The number of fused-ring (bicyclic) bond motifs is 1. The Morgan fingerprint density at radius 3 is 2.71 bits per heavy atom. The molecule has 0 bridgehead atoms. The Morgan fingerprint density at radius 2 is 2.00 bits per heavy atom. The van der Waals surface area contributed by atoms with Gasteiger partial charge in [0.1, 0.15) is 0 Å². The molecule has 1 aromatic heterocycles. The zero-order valence-electron chi connectivity index (χ0n) is 19.9. The number of aromatic nitrogens is 1. The summed E-state index contributed by atoms with van der Waals surface area (Å²) < 4.78 is 34.6. The van der Waals surface area contributed by atoms with Gasteiger partial charge in [0.15, 0.2) is 5.58 Å². The predicted octanol–water partition coefficient (Wildman–Crippen LogP) is 3.80. The lowest BCUT2D eigenvalue weighted by molar-refractivity contribution is -0.122. The quantitative estimate of drug-likeness (QED) is 0.540. The lowest BCUT2D eigenvalue weighted by Crippen LogP contribution is -2.39. The normalized spacial score (nSPS) is 18.2. The van der Waals surface area contributed by atoms with Crippen molar-refractivity contribution in [3.05, 3.63) is 40.4 Å². The number of rotatable bonds is 9. The third kappa shape index (κ3) is 5.63. The van der Waals surface area contributed by atoms with E-state index in [-0.39, 0.29) is 22.3 Å². The van der Waals surface area contributed by atoms with Gasteiger partial charge < -0.3 is 9.73 Å². The van der Waals surface area contributed by atoms with Crippen LogP contribution in [0.3, 0.4) is 0 Å². The van der Waals surface area contributed by atoms with Gasteiger partial charge in [-0.15, -0.1) is 0 Å². The number of piperidine rings is 1. The van der Waals surface area contributed by atoms with E-state index in [1.54, 1.807) is 12.1 Å². The van der Waals surface area contributed by atoms with E-state index in [9.17, 15) is 18.0 Å². The predicted molar refractivity (Wildman–Crippen MR) is 131 cm³/mol. The highest BCUT2D eigenvalue weighted by molar-refractivity contribution is 7.89. The summed E-state index contributed by atoms with van der Waals surface area (Å²) in [6, 6.07) is 4.63. The van der Waals surface area contributed by atoms with Gasteiger partial charge in [0, 0.05) is 38.7 Å². The number of hydrogen-bond donors (Lipinski definition) is 1. The number of benzene rings is 1. The first-order valence-electron chi connectivity index (χ1n) is 12.5. The summed E-state index contributed by atoms with van der Waals surface area (Å²) >= 11 is 0. The van der Waals surface area contributed by atoms with Gasteiger partial charge in [0.05, 0.1) is 10.4 Å². The van der Waals surface area contributed by atoms with Crippen molar-refractivity contribution in [2.75, 3.05) is 19.6 Å². The van der Waals surface area contributed by atoms with E-state index in [1.165, 1.54) is 33.4 Å². The van der Waals surface area contributed by atoms with Crippen molar-refractivity contribution in [3.63, 3.8) is 0 Å². The lowest BCUT2D eigenvalue weighted by atomic mass is 9.94. The molecule has 34 heavy (non-hydrogen) atoms. The number of oxazole rings is 1. The van der Waals surface area contributed by atoms with Crippen LogP contribution < -0.4 is 11.1 Å². The fourth-order valence-electron chi connectivity index (χ4n) is 4.97. The second-order valence-corrected chi connectivity index (χ2v) is 11.3. The summed E-state index contributed by atoms with van der Waals surface area (Å²) in [5, 5.41) is 3.03. The van der Waals surface area contributed by atoms with Gasteiger partial charge in [-0.25, -0.2) is 13.2 Å². The molecule has 1 aliphatic heterocycles. The van der Waals surface area contributed by atoms with Gasteiger partial charge in [0.2, 0.25) is 15.9 Å². The molecule has 1 aromatic carbocycles. The van der Waals surface area contributed by atoms with Gasteiger partial charge in [-0.05, 0) is 69.4 Å². The van der Waals surface area contributed by atoms with Crippen LogP contribution in [0.4, 0.5) is 0 Å². The summed E-state index contributed by atoms with van der Waals surface area (Å²) in [4.78, 5) is 24.5. The highest BCUT2D eigenvalue weighted by Gasteiger charge is 2.30. The van der Waals surface area contributed by atoms with E-state index in [0.717, 1.165) is 25.7 Å². The Labute approximate surface area is 201 Å². The molecule has 1 N–H and O–H groups in total. The van der Waals surface area contributed by atoms with Crippen LogP contribution in [0.5, 0.6) is 0 Å². The molecule has 0 unspecified atom stereocenters. The van der Waals surface area contributed by atoms with Crippen molar-refractivity contribution in [3.8, 4) is 0 Å². The molecule has 4 rings (SSSR count). The number of allylic oxidation sites excluding steroid dienone is 1. The number of amides is 1. The SMILES string of the molecule is CCCn1c(=O)oc2cc(S(=O)(=O)N3CCC(CC(=O)NCCC4=CCCCC4)CC3)ccc21. The zero-order chi connectivity index (χ0) is 24.1. The van der Waals surface area contributed by atoms with E-state index in [0.29, 0.717) is 51.0 Å². The molecule has 0 spiro atoms. The second-order valence-electron chi connectivity index (χ2n) is 9.41. The maximum Gasteiger partial charge on any atom is 0.419 e. The van der Waals surface area contributed by atoms with Crippen LogP contribution >= 0.6 is 0 Å². The van der Waals surface area contributed by atoms with Crippen molar-refractivity contribution in [1.29, 1.82) is 0 Å². The average Bonchev–Trinajstić information content (AvgIpc) is 3.14. The third-order valence-corrected chi connectivity index (χ3v) is 8.82. The highest BCUT2D eigenvalue weighted by Crippen LogP contribution is 2.27. The molecule has 186 valence electrons. The first-order chi connectivity index (χ1) is 16.4. The number of aryl methyl sites for hydroxylation is 1. The molecule has 1 fully saturated rings. The first kappa shape index (κ1) is 24.7. The summed E-state index contributed by atoms with van der Waals surface area (Å²) in [6.07, 6.45) is 10.6. The smallest absolute Gasteiger partial charge is 0.408 e. The number of sulfonamides is 1. The Morgan fingerprint density at radius 1 is 1.21 bits per heavy atom. The van der Waals surface area contributed by atoms with Crippen LogP contribution in [0.2, 0.25) is 0 Å². The Hall–Kier alpha value is -2.39. The zero-order valence-corrected chi connectivity index (χ0v) is 20.7. The average molecular weight is 490 g/mol. The Kier molecular flexibility index (Phi) is 7.93. The van der Waals surface area contributed by atoms with Crippen LogP contribution in [0, 0.1) is 5.92 Å². The van der Waals surface area contributed by atoms with Gasteiger partial charge in [-0.3, -0.25) is 9.36 Å². The van der Waals surface area contributed by atoms with Gasteiger partial charge in [-0.2, -0.15) is 4.31 Å². The van der Waals surface area contributed by atoms with Gasteiger partial charge >= 0.3 is 5.76 Å². The van der Waals surface area contributed by atoms with E-state index < -0.39 is 15.8 Å². The van der Waals surface area contributed by atoms with Crippen molar-refractivity contribution >= 4 is 27.0 Å². The van der Waals surface area contributed by atoms with Gasteiger partial charge in [-0.1, -0.05) is 18.6 Å². The molecule has 8 nitrogen and oxygen atoms in total. The fraction of sp³-hybridized carbons (Fsp3) is 0.600. The minimum absolute atomic E-state index is 0.0507. The molecule has 2 aromatic rings. The number of nitrogens with zero attached hydrogens (tertiary/aromatic N) is 2. The summed E-state index contributed by atoms with van der Waals surface area (Å²) in [7, 11) is -3.69. The van der Waals surface area contributed by atoms with Crippen molar-refractivity contribution in [2.45, 2.75) is 76.2 Å². The maximum atomic E-state index is 13.2. The molecule has 1 aliphatic carbocycles. The minimum atomic E-state index is -3.69. The fourth-order valence-corrected chi connectivity index (χ4v) is 6.46. The molecule has 0 saturated carbocycles. The molecular weight excluding hydrogens is 454 g/mol. The van der Waals surface area contributed by atoms with E-state index in [2.05, 4.69) is 11.4 Å². The molecule has 1 amide bonds. The Balaban J connectivity index is 1.30. The number of carbonyl (C=O) groups excluding carboxylic acids is 1. The molecule has 9 heteroatoms. The standard InChI is InChI=1S/C25H35N3O5S/c1-2-14-28-22-9-8-21(18-23(22)33-25(28)30)34(31,32)27-15-11-20(12-16-27)17-24(29)26-13-10-19-6-4-3-5-7-19/h6,8-9,18,20H,2-5,7,10-17H2,1H3,(H,26,29). The second kappa shape index (κ2) is 10.9. The van der Waals surface area contributed by atoms with Crippen LogP contribution in [-0.2, 0) is 21.4 Å². The molecule has 2 aliphatic rings. The van der Waals surface area contributed by atoms with Crippen LogP contribution in [0.15, 0.2) is 44.0 Å². The molecule has 1 saturated heterocycles. The monoisotopic (exact) mass is 489 g/mol. The van der Waals surface area contributed by atoms with Crippen molar-refractivity contribution < 1.29 is 17.6 Å². The van der Waals surface area contributed by atoms with E-state index in [4.69, 9.17) is 4.42 Å². The largest absolute Gasteiger partial charge is 0.419 e. The molecule has 0 radical (unpaired) electrons. The summed E-state index contributed by atoms with van der Waals surface area (Å²) in [5.41, 5.74) is 2.34. The maximum absolute atomic E-state index is 13.2. The van der Waals surface area contributed by atoms with E-state index in [1.807, 2.05) is 6.92 Å². The van der Waals surface area contributed by atoms with Crippen LogP contribution in [0.25, 0.3) is 11.1 Å². The first-order valence-corrected chi connectivity index (χ1v) is 13.9. The molecule has 2 heterocycles. The topological polar surface area (TPSA) is 102 Å². The molecule has 0 atom stereocenters. The number of hydrogen-bond acceptors (Lipinski definition) is 5. The lowest BCUT2D eigenvalue weighted by Gasteiger charge is -2.31. The Bertz CT molecular complexity index is 1200. The number of nitrogens with one attached hydrogen (secondary N) is 1. The molecular formula is C25H35N3O5S. The highest BCUT2D eigenvalue weighted by atomic mass is 32.2. The summed E-state index contributed by atoms with van der Waals surface area (Å²) in [6.45, 7) is 3.93. The number of carbonyl (C=O) groups is 1. The van der Waals surface area contributed by atoms with Gasteiger partial charge in [0.25, 0.3) is 0 Å². The summed E-state index contributed by atoms with van der Waals surface area (Å²) in [5.74, 6) is -0.236. The van der Waals surface area contributed by atoms with Crippen LogP contribution in [0.1, 0.15) is 64.7 Å². The van der Waals surface area contributed by atoms with Crippen molar-refractivity contribution in [2.24, 2.45) is 5.92 Å². The van der Waals surface area contributed by atoms with Crippen LogP contribution in [-0.4, -0.2) is 42.8 Å².